The van der Waals surface area contributed by atoms with Crippen LogP contribution in [0, 0.1) is 5.92 Å². The highest BCUT2D eigenvalue weighted by molar-refractivity contribution is 5.87. The summed E-state index contributed by atoms with van der Waals surface area (Å²) >= 11 is 0. The highest BCUT2D eigenvalue weighted by Gasteiger charge is 2.31. The van der Waals surface area contributed by atoms with Gasteiger partial charge in [0.15, 0.2) is 0 Å². The van der Waals surface area contributed by atoms with Gasteiger partial charge in [-0.05, 0) is 36.6 Å². The smallest absolute Gasteiger partial charge is 0.335 e. The number of nitrogens with one attached hydrogen (secondary N) is 1. The molecule has 5 nitrogen and oxygen atoms in total. The van der Waals surface area contributed by atoms with Crippen molar-refractivity contribution in [2.75, 3.05) is 13.1 Å². The van der Waals surface area contributed by atoms with Crippen LogP contribution in [0.25, 0.3) is 0 Å². The zero-order chi connectivity index (χ0) is 13.1. The first-order valence-electron chi connectivity index (χ1n) is 5.86. The average Bonchev–Trinajstić information content (AvgIpc) is 2.39. The third-order valence-corrected chi connectivity index (χ3v) is 3.39. The standard InChI is InChI=1S/C13H15NO4/c15-12(16)9-3-1-8(2-4-9)10-5-6-14-7-11(10)13(17)18/h1-4,10-11,14H,5-7H2,(H,15,16)(H,17,18). The number of piperidine rings is 1. The third kappa shape index (κ3) is 2.51. The number of benzene rings is 1. The number of hydrogen-bond donors (Lipinski definition) is 3. The molecule has 1 fully saturated rings. The van der Waals surface area contributed by atoms with Gasteiger partial charge in [0.2, 0.25) is 0 Å². The number of aromatic carboxylic acids is 1. The Balaban J connectivity index is 2.23. The number of carbonyl (C=O) groups is 2. The van der Waals surface area contributed by atoms with Gasteiger partial charge in [-0.15, -0.1) is 0 Å². The number of aliphatic carboxylic acids is 1. The van der Waals surface area contributed by atoms with Gasteiger partial charge in [0, 0.05) is 6.54 Å². The van der Waals surface area contributed by atoms with Crippen LogP contribution in [-0.2, 0) is 4.79 Å². The fraction of sp³-hybridized carbons (Fsp3) is 0.385. The van der Waals surface area contributed by atoms with Crippen molar-refractivity contribution in [1.82, 2.24) is 5.32 Å². The van der Waals surface area contributed by atoms with Crippen molar-refractivity contribution in [3.8, 4) is 0 Å². The highest BCUT2D eigenvalue weighted by Crippen LogP contribution is 2.30. The predicted octanol–water partition coefficient (Wildman–Crippen LogP) is 1.16. The van der Waals surface area contributed by atoms with Crippen LogP contribution in [0.15, 0.2) is 24.3 Å². The molecule has 1 aromatic carbocycles. The molecule has 2 unspecified atom stereocenters. The molecule has 96 valence electrons. The Kier molecular flexibility index (Phi) is 3.62. The molecule has 0 aromatic heterocycles. The summed E-state index contributed by atoms with van der Waals surface area (Å²) in [5.74, 6) is -2.28. The summed E-state index contributed by atoms with van der Waals surface area (Å²) in [5.41, 5.74) is 1.12. The van der Waals surface area contributed by atoms with E-state index in [9.17, 15) is 14.7 Å². The van der Waals surface area contributed by atoms with E-state index < -0.39 is 17.9 Å². The normalized spacial score (nSPS) is 23.6. The topological polar surface area (TPSA) is 86.6 Å². The number of carboxylic acid groups (broad SMARTS) is 2. The molecule has 3 N–H and O–H groups in total. The van der Waals surface area contributed by atoms with Crippen molar-refractivity contribution in [2.45, 2.75) is 12.3 Å². The van der Waals surface area contributed by atoms with Crippen LogP contribution in [0.1, 0.15) is 28.3 Å². The van der Waals surface area contributed by atoms with Gasteiger partial charge in [0.25, 0.3) is 0 Å². The molecule has 18 heavy (non-hydrogen) atoms. The van der Waals surface area contributed by atoms with Crippen LogP contribution in [0.4, 0.5) is 0 Å². The van der Waals surface area contributed by atoms with Crippen LogP contribution in [0.3, 0.4) is 0 Å². The Morgan fingerprint density at radius 2 is 1.83 bits per heavy atom. The highest BCUT2D eigenvalue weighted by atomic mass is 16.4. The summed E-state index contributed by atoms with van der Waals surface area (Å²) in [7, 11) is 0. The van der Waals surface area contributed by atoms with Crippen molar-refractivity contribution in [1.29, 1.82) is 0 Å². The fourth-order valence-corrected chi connectivity index (χ4v) is 2.39. The Morgan fingerprint density at radius 3 is 2.39 bits per heavy atom. The Morgan fingerprint density at radius 1 is 1.17 bits per heavy atom. The van der Waals surface area contributed by atoms with Gasteiger partial charge in [-0.25, -0.2) is 4.79 Å². The zero-order valence-corrected chi connectivity index (χ0v) is 9.80. The molecule has 1 heterocycles. The van der Waals surface area contributed by atoms with Gasteiger partial charge in [0.1, 0.15) is 0 Å². The Bertz CT molecular complexity index is 455. The van der Waals surface area contributed by atoms with Crippen molar-refractivity contribution >= 4 is 11.9 Å². The first-order chi connectivity index (χ1) is 8.59. The lowest BCUT2D eigenvalue weighted by Crippen LogP contribution is -2.39. The molecule has 0 saturated carbocycles. The summed E-state index contributed by atoms with van der Waals surface area (Å²) in [6, 6.07) is 6.49. The van der Waals surface area contributed by atoms with Gasteiger partial charge < -0.3 is 15.5 Å². The molecule has 1 aliphatic heterocycles. The summed E-state index contributed by atoms with van der Waals surface area (Å²) in [4.78, 5) is 21.9. The van der Waals surface area contributed by atoms with E-state index in [1.54, 1.807) is 12.1 Å². The largest absolute Gasteiger partial charge is 0.481 e. The predicted molar refractivity (Wildman–Crippen MR) is 64.8 cm³/mol. The Hall–Kier alpha value is -1.88. The van der Waals surface area contributed by atoms with Crippen LogP contribution < -0.4 is 5.32 Å². The average molecular weight is 249 g/mol. The minimum absolute atomic E-state index is 0.0494. The summed E-state index contributed by atoms with van der Waals surface area (Å²) in [6.07, 6.45) is 0.753. The van der Waals surface area contributed by atoms with Gasteiger partial charge in [0.05, 0.1) is 11.5 Å². The SMILES string of the molecule is O=C(O)c1ccc(C2CCNCC2C(=O)O)cc1. The first-order valence-corrected chi connectivity index (χ1v) is 5.86. The molecule has 2 atom stereocenters. The van der Waals surface area contributed by atoms with Gasteiger partial charge in [-0.2, -0.15) is 0 Å². The van der Waals surface area contributed by atoms with Gasteiger partial charge in [-0.3, -0.25) is 4.79 Å². The Labute approximate surface area is 104 Å². The van der Waals surface area contributed by atoms with Crippen molar-refractivity contribution in [3.05, 3.63) is 35.4 Å². The maximum absolute atomic E-state index is 11.2. The minimum atomic E-state index is -0.971. The van der Waals surface area contributed by atoms with E-state index in [1.807, 2.05) is 0 Å². The van der Waals surface area contributed by atoms with Crippen LogP contribution in [0.2, 0.25) is 0 Å². The molecule has 1 aromatic rings. The lowest BCUT2D eigenvalue weighted by Gasteiger charge is -2.29. The van der Waals surface area contributed by atoms with E-state index in [0.717, 1.165) is 18.5 Å². The lowest BCUT2D eigenvalue weighted by atomic mass is 9.81. The van der Waals surface area contributed by atoms with Crippen LogP contribution >= 0.6 is 0 Å². The van der Waals surface area contributed by atoms with E-state index in [4.69, 9.17) is 5.11 Å². The monoisotopic (exact) mass is 249 g/mol. The number of hydrogen-bond acceptors (Lipinski definition) is 3. The van der Waals surface area contributed by atoms with Gasteiger partial charge >= 0.3 is 11.9 Å². The summed E-state index contributed by atoms with van der Waals surface area (Å²) in [6.45, 7) is 1.25. The summed E-state index contributed by atoms with van der Waals surface area (Å²) < 4.78 is 0. The quantitative estimate of drug-likeness (QED) is 0.748. The second kappa shape index (κ2) is 5.18. The molecule has 1 saturated heterocycles. The third-order valence-electron chi connectivity index (χ3n) is 3.39. The molecule has 5 heteroatoms. The molecule has 0 amide bonds. The lowest BCUT2D eigenvalue weighted by molar-refractivity contribution is -0.142. The van der Waals surface area contributed by atoms with E-state index in [0.29, 0.717) is 6.54 Å². The molecule has 0 spiro atoms. The van der Waals surface area contributed by atoms with E-state index in [-0.39, 0.29) is 11.5 Å². The van der Waals surface area contributed by atoms with Crippen molar-refractivity contribution < 1.29 is 19.8 Å². The van der Waals surface area contributed by atoms with E-state index in [2.05, 4.69) is 5.32 Å². The second-order valence-corrected chi connectivity index (χ2v) is 4.47. The van der Waals surface area contributed by atoms with Crippen molar-refractivity contribution in [3.63, 3.8) is 0 Å². The second-order valence-electron chi connectivity index (χ2n) is 4.47. The number of carboxylic acids is 2. The summed E-state index contributed by atoms with van der Waals surface area (Å²) in [5, 5.41) is 21.1. The fourth-order valence-electron chi connectivity index (χ4n) is 2.39. The van der Waals surface area contributed by atoms with E-state index >= 15 is 0 Å². The molecule has 2 rings (SSSR count). The van der Waals surface area contributed by atoms with Gasteiger partial charge in [-0.1, -0.05) is 12.1 Å². The zero-order valence-electron chi connectivity index (χ0n) is 9.80. The molecule has 0 aliphatic carbocycles. The first kappa shape index (κ1) is 12.6. The van der Waals surface area contributed by atoms with E-state index in [1.165, 1.54) is 12.1 Å². The van der Waals surface area contributed by atoms with Crippen molar-refractivity contribution in [2.24, 2.45) is 5.92 Å². The molecule has 0 bridgehead atoms. The molecule has 0 radical (unpaired) electrons. The van der Waals surface area contributed by atoms with Crippen LogP contribution in [-0.4, -0.2) is 35.2 Å². The molecular weight excluding hydrogens is 234 g/mol. The molecular formula is C13H15NO4. The molecule has 1 aliphatic rings. The maximum Gasteiger partial charge on any atom is 0.335 e. The van der Waals surface area contributed by atoms with Crippen LogP contribution in [0.5, 0.6) is 0 Å². The minimum Gasteiger partial charge on any atom is -0.481 e. The maximum atomic E-state index is 11.2. The number of rotatable bonds is 3.